The van der Waals surface area contributed by atoms with Gasteiger partial charge >= 0.3 is 5.97 Å². The van der Waals surface area contributed by atoms with Gasteiger partial charge in [0, 0.05) is 6.54 Å². The molecule has 1 aromatic carbocycles. The molecule has 0 spiro atoms. The Hall–Kier alpha value is -1.79. The molecule has 0 aliphatic carbocycles. The number of ether oxygens (including phenoxy) is 1. The number of nitrogens with zero attached hydrogens (tertiary/aromatic N) is 2. The van der Waals surface area contributed by atoms with Crippen molar-refractivity contribution in [1.82, 2.24) is 9.55 Å². The average Bonchev–Trinajstić information content (AvgIpc) is 2.87. The summed E-state index contributed by atoms with van der Waals surface area (Å²) in [6.45, 7) is 4.73. The molecule has 0 amide bonds. The van der Waals surface area contributed by atoms with Gasteiger partial charge < -0.3 is 14.4 Å². The first kappa shape index (κ1) is 16.6. The molecule has 2 rings (SSSR count). The second kappa shape index (κ2) is 8.00. The number of carbonyl (C=O) groups is 1. The van der Waals surface area contributed by atoms with E-state index in [2.05, 4.69) is 11.1 Å². The maximum atomic E-state index is 11.5. The molecule has 1 N–H and O–H groups in total. The summed E-state index contributed by atoms with van der Waals surface area (Å²) in [4.78, 5) is 15.8. The molecule has 6 heteroatoms. The van der Waals surface area contributed by atoms with Crippen molar-refractivity contribution in [3.8, 4) is 0 Å². The standard InChI is InChI=1S/C16H20N2O3S/c1-3-21-15(20)11-22-16-17-8-14(10-19)18(16)9-13-6-4-5-12(2)7-13/h4-8,19H,3,9-11H2,1-2H3. The molecule has 0 saturated carbocycles. The van der Waals surface area contributed by atoms with Crippen molar-refractivity contribution in [3.05, 3.63) is 47.3 Å². The van der Waals surface area contributed by atoms with Gasteiger partial charge in [0.2, 0.25) is 0 Å². The molecule has 1 aromatic heterocycles. The molecule has 0 fully saturated rings. The summed E-state index contributed by atoms with van der Waals surface area (Å²) >= 11 is 1.32. The van der Waals surface area contributed by atoms with E-state index in [1.54, 1.807) is 13.1 Å². The van der Waals surface area contributed by atoms with Gasteiger partial charge in [-0.1, -0.05) is 41.6 Å². The van der Waals surface area contributed by atoms with Crippen molar-refractivity contribution in [3.63, 3.8) is 0 Å². The van der Waals surface area contributed by atoms with Crippen LogP contribution in [0.1, 0.15) is 23.7 Å². The number of aromatic nitrogens is 2. The molecule has 5 nitrogen and oxygen atoms in total. The third-order valence-electron chi connectivity index (χ3n) is 3.11. The first-order valence-electron chi connectivity index (χ1n) is 7.13. The number of hydrogen-bond donors (Lipinski definition) is 1. The maximum absolute atomic E-state index is 11.5. The normalized spacial score (nSPS) is 10.7. The molecule has 2 aromatic rings. The molecule has 0 saturated heterocycles. The zero-order valence-corrected chi connectivity index (χ0v) is 13.6. The minimum Gasteiger partial charge on any atom is -0.465 e. The molecular weight excluding hydrogens is 300 g/mol. The van der Waals surface area contributed by atoms with Gasteiger partial charge in [0.15, 0.2) is 5.16 Å². The predicted octanol–water partition coefficient (Wildman–Crippen LogP) is 2.39. The number of aliphatic hydroxyl groups is 1. The fraction of sp³-hybridized carbons (Fsp3) is 0.375. The molecule has 118 valence electrons. The number of esters is 1. The molecule has 0 unspecified atom stereocenters. The Morgan fingerprint density at radius 1 is 1.45 bits per heavy atom. The van der Waals surface area contributed by atoms with E-state index in [-0.39, 0.29) is 18.3 Å². The van der Waals surface area contributed by atoms with Gasteiger partial charge in [-0.15, -0.1) is 0 Å². The molecular formula is C16H20N2O3S. The van der Waals surface area contributed by atoms with Gasteiger partial charge in [0.1, 0.15) is 0 Å². The van der Waals surface area contributed by atoms with E-state index < -0.39 is 0 Å². The Kier molecular flexibility index (Phi) is 6.03. The zero-order valence-electron chi connectivity index (χ0n) is 12.8. The minimum absolute atomic E-state index is 0.0845. The number of thioether (sulfide) groups is 1. The summed E-state index contributed by atoms with van der Waals surface area (Å²) in [5.41, 5.74) is 3.04. The zero-order chi connectivity index (χ0) is 15.9. The highest BCUT2D eigenvalue weighted by Gasteiger charge is 2.13. The quantitative estimate of drug-likeness (QED) is 0.627. The Morgan fingerprint density at radius 2 is 2.27 bits per heavy atom. The third-order valence-corrected chi connectivity index (χ3v) is 4.08. The summed E-state index contributed by atoms with van der Waals surface area (Å²) < 4.78 is 6.85. The Bertz CT molecular complexity index is 640. The Labute approximate surface area is 134 Å². The molecule has 0 radical (unpaired) electrons. The van der Waals surface area contributed by atoms with Crippen LogP contribution in [0.4, 0.5) is 0 Å². The van der Waals surface area contributed by atoms with Crippen LogP contribution in [0.15, 0.2) is 35.6 Å². The van der Waals surface area contributed by atoms with E-state index in [1.807, 2.05) is 29.7 Å². The van der Waals surface area contributed by atoms with Crippen molar-refractivity contribution in [2.24, 2.45) is 0 Å². The highest BCUT2D eigenvalue weighted by atomic mass is 32.2. The van der Waals surface area contributed by atoms with Gasteiger partial charge in [-0.3, -0.25) is 4.79 Å². The number of rotatable bonds is 7. The van der Waals surface area contributed by atoms with Crippen molar-refractivity contribution in [2.45, 2.75) is 32.2 Å². The summed E-state index contributed by atoms with van der Waals surface area (Å²) in [5, 5.41) is 10.2. The summed E-state index contributed by atoms with van der Waals surface area (Å²) in [6.07, 6.45) is 1.64. The van der Waals surface area contributed by atoms with E-state index in [4.69, 9.17) is 4.74 Å². The molecule has 22 heavy (non-hydrogen) atoms. The number of imidazole rings is 1. The van der Waals surface area contributed by atoms with Crippen molar-refractivity contribution >= 4 is 17.7 Å². The highest BCUT2D eigenvalue weighted by molar-refractivity contribution is 7.99. The van der Waals surface area contributed by atoms with E-state index in [1.165, 1.54) is 17.3 Å². The summed E-state index contributed by atoms with van der Waals surface area (Å²) in [6, 6.07) is 8.18. The van der Waals surface area contributed by atoms with Gasteiger partial charge in [-0.25, -0.2) is 4.98 Å². The number of aryl methyl sites for hydroxylation is 1. The lowest BCUT2D eigenvalue weighted by Gasteiger charge is -2.11. The molecule has 0 bridgehead atoms. The van der Waals surface area contributed by atoms with Crippen molar-refractivity contribution in [2.75, 3.05) is 12.4 Å². The second-order valence-corrected chi connectivity index (χ2v) is 5.80. The van der Waals surface area contributed by atoms with Gasteiger partial charge in [-0.05, 0) is 19.4 Å². The predicted molar refractivity (Wildman–Crippen MR) is 85.8 cm³/mol. The lowest BCUT2D eigenvalue weighted by atomic mass is 10.1. The van der Waals surface area contributed by atoms with E-state index in [9.17, 15) is 9.90 Å². The summed E-state index contributed by atoms with van der Waals surface area (Å²) in [7, 11) is 0. The lowest BCUT2D eigenvalue weighted by Crippen LogP contribution is -2.10. The monoisotopic (exact) mass is 320 g/mol. The van der Waals surface area contributed by atoms with Gasteiger partial charge in [0.25, 0.3) is 0 Å². The largest absolute Gasteiger partial charge is 0.465 e. The highest BCUT2D eigenvalue weighted by Crippen LogP contribution is 2.21. The number of aliphatic hydroxyl groups excluding tert-OH is 1. The third kappa shape index (κ3) is 4.35. The van der Waals surface area contributed by atoms with Crippen molar-refractivity contribution in [1.29, 1.82) is 0 Å². The second-order valence-electron chi connectivity index (χ2n) is 4.86. The van der Waals surface area contributed by atoms with Crippen LogP contribution >= 0.6 is 11.8 Å². The van der Waals surface area contributed by atoms with Crippen LogP contribution in [-0.2, 0) is 22.7 Å². The lowest BCUT2D eigenvalue weighted by molar-refractivity contribution is -0.139. The molecule has 1 heterocycles. The van der Waals surface area contributed by atoms with Gasteiger partial charge in [0.05, 0.1) is 30.9 Å². The SMILES string of the molecule is CCOC(=O)CSc1ncc(CO)n1Cc1cccc(C)c1. The Balaban J connectivity index is 2.14. The van der Waals surface area contributed by atoms with E-state index in [0.717, 1.165) is 11.3 Å². The van der Waals surface area contributed by atoms with Crippen LogP contribution in [0.2, 0.25) is 0 Å². The number of hydrogen-bond acceptors (Lipinski definition) is 5. The smallest absolute Gasteiger partial charge is 0.316 e. The van der Waals surface area contributed by atoms with Crippen LogP contribution in [0.3, 0.4) is 0 Å². The fourth-order valence-electron chi connectivity index (χ4n) is 2.12. The average molecular weight is 320 g/mol. The molecule has 0 atom stereocenters. The van der Waals surface area contributed by atoms with E-state index in [0.29, 0.717) is 18.3 Å². The van der Waals surface area contributed by atoms with Gasteiger partial charge in [-0.2, -0.15) is 0 Å². The van der Waals surface area contributed by atoms with Crippen molar-refractivity contribution < 1.29 is 14.6 Å². The van der Waals surface area contributed by atoms with Crippen LogP contribution in [0.25, 0.3) is 0 Å². The topological polar surface area (TPSA) is 64.3 Å². The fourth-order valence-corrected chi connectivity index (χ4v) is 2.92. The number of carbonyl (C=O) groups excluding carboxylic acids is 1. The number of benzene rings is 1. The first-order valence-corrected chi connectivity index (χ1v) is 8.11. The Morgan fingerprint density at radius 3 is 2.95 bits per heavy atom. The molecule has 0 aliphatic rings. The van der Waals surface area contributed by atoms with Crippen LogP contribution < -0.4 is 0 Å². The summed E-state index contributed by atoms with van der Waals surface area (Å²) in [5.74, 6) is -0.0491. The molecule has 0 aliphatic heterocycles. The van der Waals surface area contributed by atoms with Crippen LogP contribution in [-0.4, -0.2) is 33.0 Å². The minimum atomic E-state index is -0.261. The first-order chi connectivity index (χ1) is 10.6. The maximum Gasteiger partial charge on any atom is 0.316 e. The van der Waals surface area contributed by atoms with E-state index >= 15 is 0 Å². The van der Waals surface area contributed by atoms with Crippen LogP contribution in [0, 0.1) is 6.92 Å². The van der Waals surface area contributed by atoms with Crippen LogP contribution in [0.5, 0.6) is 0 Å².